The first-order valence-electron chi connectivity index (χ1n) is 11.5. The van der Waals surface area contributed by atoms with Gasteiger partial charge in [-0.25, -0.2) is 0 Å². The first-order valence-corrected chi connectivity index (χ1v) is 14.2. The fraction of sp³-hybridized carbons (Fsp3) is 0.462. The number of carbonyl (C=O) groups is 4. The van der Waals surface area contributed by atoms with E-state index in [2.05, 4.69) is 37.0 Å². The lowest BCUT2D eigenvalue weighted by atomic mass is 10.0. The second kappa shape index (κ2) is 22.7. The average Bonchev–Trinajstić information content (AvgIpc) is 2.84. The highest BCUT2D eigenvalue weighted by atomic mass is 32.2. The molecule has 0 bridgehead atoms. The van der Waals surface area contributed by atoms with Crippen LogP contribution in [-0.2, 0) is 25.6 Å². The smallest absolute Gasteiger partial charge is 0.225 e. The molecule has 36 heavy (non-hydrogen) atoms. The molecule has 0 aromatic heterocycles. The predicted molar refractivity (Wildman–Crippen MR) is 151 cm³/mol. The largest absolute Gasteiger partial charge is 0.504 e. The van der Waals surface area contributed by atoms with Gasteiger partial charge in [0.25, 0.3) is 0 Å². The quantitative estimate of drug-likeness (QED) is 0.223. The van der Waals surface area contributed by atoms with Crippen molar-refractivity contribution < 1.29 is 29.4 Å². The topological polar surface area (TPSA) is 133 Å². The summed E-state index contributed by atoms with van der Waals surface area (Å²) >= 11 is 3.71. The summed E-state index contributed by atoms with van der Waals surface area (Å²) in [5.41, 5.74) is 1.64. The molecule has 4 N–H and O–H groups in total. The first-order chi connectivity index (χ1) is 17.0. The third-order valence-corrected chi connectivity index (χ3v) is 5.36. The minimum Gasteiger partial charge on any atom is -0.504 e. The number of phenols is 2. The van der Waals surface area contributed by atoms with Gasteiger partial charge in [0.05, 0.1) is 0 Å². The maximum Gasteiger partial charge on any atom is 0.225 e. The van der Waals surface area contributed by atoms with E-state index in [4.69, 9.17) is 5.11 Å². The third kappa shape index (κ3) is 20.6. The number of ketones is 2. The molecule has 8 nitrogen and oxygen atoms in total. The van der Waals surface area contributed by atoms with E-state index in [1.165, 1.54) is 49.6 Å². The van der Waals surface area contributed by atoms with Gasteiger partial charge in [-0.05, 0) is 72.3 Å². The second-order valence-electron chi connectivity index (χ2n) is 7.22. The highest BCUT2D eigenvalue weighted by Gasteiger charge is 2.12. The van der Waals surface area contributed by atoms with Gasteiger partial charge in [0.15, 0.2) is 11.5 Å². The molecule has 1 aliphatic rings. The number of thioether (sulfide) groups is 2. The van der Waals surface area contributed by atoms with E-state index in [1.807, 2.05) is 23.5 Å². The molecule has 0 radical (unpaired) electrons. The molecule has 0 aliphatic heterocycles. The zero-order valence-electron chi connectivity index (χ0n) is 22.1. The van der Waals surface area contributed by atoms with Crippen molar-refractivity contribution in [2.24, 2.45) is 0 Å². The number of allylic oxidation sites excluding steroid dienone is 3. The van der Waals surface area contributed by atoms with Crippen LogP contribution in [0.25, 0.3) is 0 Å². The van der Waals surface area contributed by atoms with Gasteiger partial charge >= 0.3 is 0 Å². The summed E-state index contributed by atoms with van der Waals surface area (Å²) in [6.07, 6.45) is 9.56. The van der Waals surface area contributed by atoms with Crippen LogP contribution in [0.15, 0.2) is 42.0 Å². The molecule has 0 saturated heterocycles. The van der Waals surface area contributed by atoms with Crippen molar-refractivity contribution in [1.29, 1.82) is 0 Å². The number of phenolic OH excluding ortho intramolecular Hbond substituents is 2. The van der Waals surface area contributed by atoms with Crippen molar-refractivity contribution in [3.8, 4) is 11.5 Å². The van der Waals surface area contributed by atoms with Crippen LogP contribution in [-0.4, -0.2) is 70.7 Å². The van der Waals surface area contributed by atoms with Gasteiger partial charge in [0.2, 0.25) is 23.4 Å². The van der Waals surface area contributed by atoms with Crippen molar-refractivity contribution >= 4 is 46.9 Å². The third-order valence-electron chi connectivity index (χ3n) is 4.20. The van der Waals surface area contributed by atoms with Gasteiger partial charge in [0, 0.05) is 26.9 Å². The number of nitrogens with one attached hydrogen (secondary N) is 2. The number of amides is 2. The van der Waals surface area contributed by atoms with E-state index >= 15 is 0 Å². The second-order valence-corrected chi connectivity index (χ2v) is 9.53. The van der Waals surface area contributed by atoms with Crippen LogP contribution in [0.4, 0.5) is 0 Å². The lowest BCUT2D eigenvalue weighted by Gasteiger charge is -2.05. The Morgan fingerprint density at radius 2 is 1.31 bits per heavy atom. The van der Waals surface area contributed by atoms with E-state index in [-0.39, 0.29) is 23.3 Å². The number of rotatable bonds is 8. The Morgan fingerprint density at radius 1 is 0.806 bits per heavy atom. The summed E-state index contributed by atoms with van der Waals surface area (Å²) in [5, 5.41) is 23.5. The normalized spacial score (nSPS) is 11.4. The molecule has 0 heterocycles. The van der Waals surface area contributed by atoms with Crippen LogP contribution in [0.3, 0.4) is 0 Å². The first kappa shape index (κ1) is 35.4. The molecular weight excluding hydrogens is 500 g/mol. The number of benzene rings is 1. The number of carbonyl (C=O) groups excluding carboxylic acids is 4. The molecule has 1 aliphatic carbocycles. The number of hydrogen-bond acceptors (Lipinski definition) is 8. The van der Waals surface area contributed by atoms with Crippen molar-refractivity contribution in [2.75, 3.05) is 37.1 Å². The molecule has 202 valence electrons. The SMILES string of the molecule is CC(=O)NCCC1=CC(=O)C(=O)C=C1.CC(=O)NCCc1ccc(O)c(O)c1.CCSC.CCSC. The fourth-order valence-electron chi connectivity index (χ4n) is 2.20. The van der Waals surface area contributed by atoms with Crippen molar-refractivity contribution in [3.63, 3.8) is 0 Å². The zero-order chi connectivity index (χ0) is 27.9. The van der Waals surface area contributed by atoms with Gasteiger partial charge in [-0.3, -0.25) is 19.2 Å². The van der Waals surface area contributed by atoms with Crippen molar-refractivity contribution in [1.82, 2.24) is 10.6 Å². The summed E-state index contributed by atoms with van der Waals surface area (Å²) in [6, 6.07) is 4.62. The minimum absolute atomic E-state index is 0.0759. The van der Waals surface area contributed by atoms with Crippen LogP contribution >= 0.6 is 23.5 Å². The van der Waals surface area contributed by atoms with Gasteiger partial charge in [0.1, 0.15) is 0 Å². The molecule has 10 heteroatoms. The monoisotopic (exact) mass is 540 g/mol. The fourth-order valence-corrected chi connectivity index (χ4v) is 2.20. The summed E-state index contributed by atoms with van der Waals surface area (Å²) in [7, 11) is 0. The molecule has 2 rings (SSSR count). The predicted octanol–water partition coefficient (Wildman–Crippen LogP) is 3.66. The average molecular weight is 541 g/mol. The number of aromatic hydroxyl groups is 2. The van der Waals surface area contributed by atoms with Crippen LogP contribution in [0, 0.1) is 0 Å². The highest BCUT2D eigenvalue weighted by Crippen LogP contribution is 2.24. The lowest BCUT2D eigenvalue weighted by Crippen LogP contribution is -2.22. The Kier molecular flexibility index (Phi) is 22.4. The standard InChI is InChI=1S/C10H13NO3.C10H11NO3.2C3H8S/c2*1-7(12)11-5-4-8-2-3-9(13)10(14)6-8;2*1-3-4-2/h2-3,6,13-14H,4-5H2,1H3,(H,11,12);2-3,6H,4-5H2,1H3,(H,11,12);2*3H2,1-2H3. The minimum atomic E-state index is -0.495. The van der Waals surface area contributed by atoms with E-state index in [1.54, 1.807) is 12.1 Å². The highest BCUT2D eigenvalue weighted by molar-refractivity contribution is 7.98. The molecule has 2 amide bonds. The molecule has 1 aromatic rings. The van der Waals surface area contributed by atoms with Crippen LogP contribution < -0.4 is 10.6 Å². The summed E-state index contributed by atoms with van der Waals surface area (Å²) in [6.45, 7) is 8.18. The maximum absolute atomic E-state index is 10.9. The summed E-state index contributed by atoms with van der Waals surface area (Å²) in [4.78, 5) is 42.8. The molecule has 0 atom stereocenters. The van der Waals surface area contributed by atoms with E-state index in [9.17, 15) is 24.3 Å². The Labute approximate surface area is 223 Å². The van der Waals surface area contributed by atoms with E-state index in [0.29, 0.717) is 25.9 Å². The Hall–Kier alpha value is -2.72. The van der Waals surface area contributed by atoms with Crippen LogP contribution in [0.5, 0.6) is 11.5 Å². The van der Waals surface area contributed by atoms with Gasteiger partial charge < -0.3 is 20.8 Å². The summed E-state index contributed by atoms with van der Waals surface area (Å²) in [5.74, 6) is 1.04. The van der Waals surface area contributed by atoms with E-state index in [0.717, 1.165) is 11.1 Å². The maximum atomic E-state index is 10.9. The van der Waals surface area contributed by atoms with Crippen LogP contribution in [0.1, 0.15) is 39.7 Å². The van der Waals surface area contributed by atoms with Gasteiger partial charge in [-0.2, -0.15) is 23.5 Å². The molecule has 0 fully saturated rings. The Balaban J connectivity index is 0. The Bertz CT molecular complexity index is 877. The van der Waals surface area contributed by atoms with Crippen molar-refractivity contribution in [3.05, 3.63) is 47.6 Å². The molecule has 0 spiro atoms. The molecule has 1 aromatic carbocycles. The molecule has 0 unspecified atom stereocenters. The van der Waals surface area contributed by atoms with E-state index < -0.39 is 11.6 Å². The lowest BCUT2D eigenvalue weighted by molar-refractivity contribution is -0.131. The number of hydrogen-bond donors (Lipinski definition) is 4. The molecule has 0 saturated carbocycles. The van der Waals surface area contributed by atoms with Gasteiger partial charge in [-0.15, -0.1) is 0 Å². The molecular formula is C26H40N2O6S2. The Morgan fingerprint density at radius 3 is 1.72 bits per heavy atom. The zero-order valence-corrected chi connectivity index (χ0v) is 23.7. The summed E-state index contributed by atoms with van der Waals surface area (Å²) < 4.78 is 0. The van der Waals surface area contributed by atoms with Crippen LogP contribution in [0.2, 0.25) is 0 Å². The van der Waals surface area contributed by atoms with Crippen molar-refractivity contribution in [2.45, 2.75) is 40.5 Å². The van der Waals surface area contributed by atoms with Gasteiger partial charge in [-0.1, -0.05) is 26.0 Å².